The summed E-state index contributed by atoms with van der Waals surface area (Å²) < 4.78 is 36.3. The molecule has 0 aliphatic heterocycles. The normalized spacial score (nSPS) is 11.8. The van der Waals surface area contributed by atoms with E-state index in [-0.39, 0.29) is 28.0 Å². The highest BCUT2D eigenvalue weighted by Crippen LogP contribution is 2.41. The molecule has 5 heteroatoms. The number of hydrogen-bond donors (Lipinski definition) is 1. The molecule has 0 aliphatic rings. The van der Waals surface area contributed by atoms with E-state index in [4.69, 9.17) is 0 Å². The second kappa shape index (κ2) is 3.73. The molecule has 0 heterocycles. The van der Waals surface area contributed by atoms with E-state index >= 15 is 0 Å². The molecule has 0 radical (unpaired) electrons. The van der Waals surface area contributed by atoms with Gasteiger partial charge in [0.2, 0.25) is 0 Å². The van der Waals surface area contributed by atoms with Crippen LogP contribution in [0.5, 0.6) is 5.75 Å². The highest BCUT2D eigenvalue weighted by Gasteiger charge is 2.31. The molecular formula is C9H9F3OS. The van der Waals surface area contributed by atoms with Gasteiger partial charge in [-0.3, -0.25) is 0 Å². The Kier molecular flexibility index (Phi) is 2.99. The van der Waals surface area contributed by atoms with Gasteiger partial charge >= 0.3 is 5.51 Å². The Morgan fingerprint density at radius 1 is 1.21 bits per heavy atom. The molecular weight excluding hydrogens is 213 g/mol. The van der Waals surface area contributed by atoms with Gasteiger partial charge in [-0.15, -0.1) is 0 Å². The van der Waals surface area contributed by atoms with Gasteiger partial charge in [0.15, 0.2) is 0 Å². The number of alkyl halides is 3. The van der Waals surface area contributed by atoms with Crippen molar-refractivity contribution >= 4 is 11.8 Å². The van der Waals surface area contributed by atoms with E-state index in [0.717, 1.165) is 0 Å². The van der Waals surface area contributed by atoms with Crippen molar-refractivity contribution in [2.75, 3.05) is 0 Å². The van der Waals surface area contributed by atoms with Crippen LogP contribution in [0, 0.1) is 13.8 Å². The number of halogens is 3. The molecule has 14 heavy (non-hydrogen) atoms. The van der Waals surface area contributed by atoms with Crippen molar-refractivity contribution in [3.8, 4) is 5.75 Å². The molecule has 0 saturated heterocycles. The zero-order valence-corrected chi connectivity index (χ0v) is 8.46. The number of aryl methyl sites for hydroxylation is 1. The lowest BCUT2D eigenvalue weighted by Crippen LogP contribution is -2.01. The van der Waals surface area contributed by atoms with Crippen LogP contribution in [0.4, 0.5) is 13.2 Å². The number of phenolic OH excluding ortho intramolecular Hbond substituents is 1. The first kappa shape index (κ1) is 11.2. The summed E-state index contributed by atoms with van der Waals surface area (Å²) in [5.41, 5.74) is -3.53. The average molecular weight is 222 g/mol. The molecule has 1 aromatic rings. The first-order chi connectivity index (χ1) is 6.31. The van der Waals surface area contributed by atoms with Gasteiger partial charge in [-0.2, -0.15) is 13.2 Å². The third-order valence-electron chi connectivity index (χ3n) is 1.79. The molecule has 0 saturated carbocycles. The zero-order valence-electron chi connectivity index (χ0n) is 7.64. The van der Waals surface area contributed by atoms with Crippen LogP contribution in [0.25, 0.3) is 0 Å². The summed E-state index contributed by atoms with van der Waals surface area (Å²) in [5.74, 6) is -0.109. The summed E-state index contributed by atoms with van der Waals surface area (Å²) in [6.07, 6.45) is 0. The summed E-state index contributed by atoms with van der Waals surface area (Å²) in [6.45, 7) is 3.05. The number of benzene rings is 1. The molecule has 1 nitrogen and oxygen atoms in total. The van der Waals surface area contributed by atoms with E-state index in [2.05, 4.69) is 0 Å². The van der Waals surface area contributed by atoms with Crippen LogP contribution in [0.15, 0.2) is 17.0 Å². The van der Waals surface area contributed by atoms with Crippen molar-refractivity contribution in [1.82, 2.24) is 0 Å². The predicted octanol–water partition coefficient (Wildman–Crippen LogP) is 3.62. The Balaban J connectivity index is 3.13. The summed E-state index contributed by atoms with van der Waals surface area (Å²) in [7, 11) is 0. The summed E-state index contributed by atoms with van der Waals surface area (Å²) in [4.78, 5) is 0.0810. The Morgan fingerprint density at radius 3 is 2.29 bits per heavy atom. The molecule has 1 N–H and O–H groups in total. The maximum atomic E-state index is 12.1. The lowest BCUT2D eigenvalue weighted by Gasteiger charge is -2.12. The third-order valence-corrected chi connectivity index (χ3v) is 2.86. The largest absolute Gasteiger partial charge is 0.508 e. The highest BCUT2D eigenvalue weighted by atomic mass is 32.2. The SMILES string of the molecule is Cc1ccc(O)c(C)c1SC(F)(F)F. The first-order valence-corrected chi connectivity index (χ1v) is 4.68. The van der Waals surface area contributed by atoms with Crippen LogP contribution in [-0.4, -0.2) is 10.6 Å². The molecule has 0 bridgehead atoms. The molecule has 0 unspecified atom stereocenters. The van der Waals surface area contributed by atoms with Crippen molar-refractivity contribution in [1.29, 1.82) is 0 Å². The van der Waals surface area contributed by atoms with Gasteiger partial charge in [0, 0.05) is 10.5 Å². The Morgan fingerprint density at radius 2 is 1.79 bits per heavy atom. The second-order valence-electron chi connectivity index (χ2n) is 2.90. The van der Waals surface area contributed by atoms with Gasteiger partial charge in [-0.05, 0) is 37.2 Å². The maximum Gasteiger partial charge on any atom is 0.446 e. The minimum absolute atomic E-state index is 0.0810. The zero-order chi connectivity index (χ0) is 10.9. The molecule has 1 rings (SSSR count). The van der Waals surface area contributed by atoms with Crippen molar-refractivity contribution < 1.29 is 18.3 Å². The molecule has 0 amide bonds. The van der Waals surface area contributed by atoms with Gasteiger partial charge in [-0.25, -0.2) is 0 Å². The smallest absolute Gasteiger partial charge is 0.446 e. The number of rotatable bonds is 1. The molecule has 0 aromatic heterocycles. The van der Waals surface area contributed by atoms with Gasteiger partial charge in [-0.1, -0.05) is 6.07 Å². The van der Waals surface area contributed by atoms with Crippen molar-refractivity contribution in [3.63, 3.8) is 0 Å². The van der Waals surface area contributed by atoms with Gasteiger partial charge in [0.05, 0.1) is 0 Å². The summed E-state index contributed by atoms with van der Waals surface area (Å²) in [6, 6.07) is 2.86. The van der Waals surface area contributed by atoms with Crippen LogP contribution >= 0.6 is 11.8 Å². The standard InChI is InChI=1S/C9H9F3OS/c1-5-3-4-7(13)6(2)8(5)14-9(10,11)12/h3-4,13H,1-2H3. The highest BCUT2D eigenvalue weighted by molar-refractivity contribution is 8.00. The minimum atomic E-state index is -4.32. The van der Waals surface area contributed by atoms with Crippen molar-refractivity contribution in [2.45, 2.75) is 24.3 Å². The van der Waals surface area contributed by atoms with E-state index < -0.39 is 5.51 Å². The third kappa shape index (κ3) is 2.57. The van der Waals surface area contributed by atoms with Gasteiger partial charge in [0.25, 0.3) is 0 Å². The summed E-state index contributed by atoms with van der Waals surface area (Å²) >= 11 is -0.192. The maximum absolute atomic E-state index is 12.1. The number of phenols is 1. The molecule has 0 spiro atoms. The van der Waals surface area contributed by atoms with Crippen LogP contribution in [0.2, 0.25) is 0 Å². The van der Waals surface area contributed by atoms with Crippen LogP contribution in [0.3, 0.4) is 0 Å². The van der Waals surface area contributed by atoms with E-state index in [1.165, 1.54) is 19.1 Å². The lowest BCUT2D eigenvalue weighted by molar-refractivity contribution is -0.0328. The van der Waals surface area contributed by atoms with Crippen LogP contribution in [-0.2, 0) is 0 Å². The van der Waals surface area contributed by atoms with Gasteiger partial charge in [0.1, 0.15) is 5.75 Å². The minimum Gasteiger partial charge on any atom is -0.508 e. The number of hydrogen-bond acceptors (Lipinski definition) is 2. The first-order valence-electron chi connectivity index (χ1n) is 3.86. The van der Waals surface area contributed by atoms with Crippen LogP contribution in [0.1, 0.15) is 11.1 Å². The van der Waals surface area contributed by atoms with E-state index in [0.29, 0.717) is 5.56 Å². The van der Waals surface area contributed by atoms with E-state index in [1.54, 1.807) is 6.92 Å². The molecule has 0 aliphatic carbocycles. The average Bonchev–Trinajstić information content (AvgIpc) is 2.04. The fraction of sp³-hybridized carbons (Fsp3) is 0.333. The Labute approximate surface area is 83.9 Å². The number of thioether (sulfide) groups is 1. The van der Waals surface area contributed by atoms with E-state index in [9.17, 15) is 18.3 Å². The number of aromatic hydroxyl groups is 1. The van der Waals surface area contributed by atoms with Crippen LogP contribution < -0.4 is 0 Å². The fourth-order valence-electron chi connectivity index (χ4n) is 1.09. The fourth-order valence-corrected chi connectivity index (χ4v) is 1.81. The molecule has 0 atom stereocenters. The predicted molar refractivity (Wildman–Crippen MR) is 49.5 cm³/mol. The summed E-state index contributed by atoms with van der Waals surface area (Å²) in [5, 5.41) is 9.24. The van der Waals surface area contributed by atoms with E-state index in [1.807, 2.05) is 0 Å². The topological polar surface area (TPSA) is 20.2 Å². The quantitative estimate of drug-likeness (QED) is 0.732. The molecule has 1 aromatic carbocycles. The monoisotopic (exact) mass is 222 g/mol. The Hall–Kier alpha value is -0.840. The lowest BCUT2D eigenvalue weighted by atomic mass is 10.1. The van der Waals surface area contributed by atoms with Crippen molar-refractivity contribution in [3.05, 3.63) is 23.3 Å². The Bertz CT molecular complexity index is 347. The second-order valence-corrected chi connectivity index (χ2v) is 3.98. The van der Waals surface area contributed by atoms with Crippen molar-refractivity contribution in [2.24, 2.45) is 0 Å². The molecule has 0 fully saturated rings. The molecule has 78 valence electrons. The van der Waals surface area contributed by atoms with Gasteiger partial charge < -0.3 is 5.11 Å².